The molecule has 0 saturated carbocycles. The van der Waals surface area contributed by atoms with Crippen molar-refractivity contribution >= 4 is 11.0 Å². The highest BCUT2D eigenvalue weighted by Gasteiger charge is 2.17. The van der Waals surface area contributed by atoms with Gasteiger partial charge in [-0.3, -0.25) is 0 Å². The van der Waals surface area contributed by atoms with E-state index in [2.05, 4.69) is 23.4 Å². The lowest BCUT2D eigenvalue weighted by Gasteiger charge is -2.16. The molecule has 0 aliphatic carbocycles. The molecule has 0 bridgehead atoms. The molecule has 4 heteroatoms. The minimum Gasteiger partial charge on any atom is -0.330 e. The maximum atomic E-state index is 13.2. The first-order valence-corrected chi connectivity index (χ1v) is 5.92. The van der Waals surface area contributed by atoms with E-state index in [-0.39, 0.29) is 17.8 Å². The van der Waals surface area contributed by atoms with Crippen LogP contribution in [-0.4, -0.2) is 16.1 Å². The van der Waals surface area contributed by atoms with Crippen molar-refractivity contribution in [1.82, 2.24) is 9.55 Å². The van der Waals surface area contributed by atoms with Crippen LogP contribution < -0.4 is 5.73 Å². The molecule has 92 valence electrons. The Labute approximate surface area is 100 Å². The number of hydrogen-bond donors (Lipinski definition) is 1. The summed E-state index contributed by atoms with van der Waals surface area (Å²) in [5.41, 5.74) is 7.37. The van der Waals surface area contributed by atoms with E-state index in [1.807, 2.05) is 6.92 Å². The van der Waals surface area contributed by atoms with Crippen LogP contribution in [0.1, 0.15) is 38.6 Å². The summed E-state index contributed by atoms with van der Waals surface area (Å²) in [6.45, 7) is 6.77. The monoisotopic (exact) mass is 235 g/mol. The van der Waals surface area contributed by atoms with Gasteiger partial charge in [-0.15, -0.1) is 0 Å². The third-order valence-electron chi connectivity index (χ3n) is 2.99. The fourth-order valence-electron chi connectivity index (χ4n) is 2.09. The van der Waals surface area contributed by atoms with Crippen molar-refractivity contribution in [3.05, 3.63) is 29.8 Å². The molecule has 1 aromatic carbocycles. The number of nitrogens with zero attached hydrogens (tertiary/aromatic N) is 2. The van der Waals surface area contributed by atoms with Crippen LogP contribution in [0.25, 0.3) is 11.0 Å². The lowest BCUT2D eigenvalue weighted by Crippen LogP contribution is -2.16. The van der Waals surface area contributed by atoms with Gasteiger partial charge >= 0.3 is 0 Å². The van der Waals surface area contributed by atoms with Gasteiger partial charge in [0.25, 0.3) is 0 Å². The van der Waals surface area contributed by atoms with Gasteiger partial charge < -0.3 is 10.3 Å². The van der Waals surface area contributed by atoms with E-state index in [1.54, 1.807) is 6.07 Å². The lowest BCUT2D eigenvalue weighted by molar-refractivity contribution is 0.554. The number of aromatic nitrogens is 2. The molecule has 17 heavy (non-hydrogen) atoms. The van der Waals surface area contributed by atoms with Crippen molar-refractivity contribution in [3.8, 4) is 0 Å². The highest BCUT2D eigenvalue weighted by Crippen LogP contribution is 2.25. The minimum atomic E-state index is -0.252. The second-order valence-electron chi connectivity index (χ2n) is 4.70. The van der Waals surface area contributed by atoms with Gasteiger partial charge in [-0.25, -0.2) is 9.37 Å². The highest BCUT2D eigenvalue weighted by molar-refractivity contribution is 5.76. The predicted octanol–water partition coefficient (Wildman–Crippen LogP) is 2.82. The van der Waals surface area contributed by atoms with Gasteiger partial charge in [0, 0.05) is 24.6 Å². The maximum absolute atomic E-state index is 13.2. The molecular weight excluding hydrogens is 217 g/mol. The van der Waals surface area contributed by atoms with Crippen LogP contribution in [0.4, 0.5) is 4.39 Å². The molecule has 1 heterocycles. The van der Waals surface area contributed by atoms with E-state index in [9.17, 15) is 4.39 Å². The van der Waals surface area contributed by atoms with Crippen molar-refractivity contribution in [2.24, 2.45) is 5.73 Å². The number of nitrogens with two attached hydrogens (primary N) is 1. The Bertz CT molecular complexity index is 531. The van der Waals surface area contributed by atoms with Crippen molar-refractivity contribution in [2.75, 3.05) is 6.54 Å². The molecule has 3 nitrogen and oxygen atoms in total. The summed E-state index contributed by atoms with van der Waals surface area (Å²) in [7, 11) is 0. The van der Waals surface area contributed by atoms with E-state index in [4.69, 9.17) is 5.73 Å². The minimum absolute atomic E-state index is 0.174. The second kappa shape index (κ2) is 4.45. The highest BCUT2D eigenvalue weighted by atomic mass is 19.1. The maximum Gasteiger partial charge on any atom is 0.125 e. The average molecular weight is 235 g/mol. The van der Waals surface area contributed by atoms with Gasteiger partial charge in [0.05, 0.1) is 11.0 Å². The van der Waals surface area contributed by atoms with Crippen LogP contribution in [0.3, 0.4) is 0 Å². The zero-order valence-corrected chi connectivity index (χ0v) is 10.4. The summed E-state index contributed by atoms with van der Waals surface area (Å²) in [5.74, 6) is 0.855. The normalized spacial score (nSPS) is 13.5. The van der Waals surface area contributed by atoms with E-state index in [1.165, 1.54) is 12.1 Å². The Balaban J connectivity index is 2.70. The Morgan fingerprint density at radius 1 is 1.35 bits per heavy atom. The molecule has 2 N–H and O–H groups in total. The summed E-state index contributed by atoms with van der Waals surface area (Å²) in [5, 5.41) is 0. The van der Waals surface area contributed by atoms with E-state index < -0.39 is 0 Å². The standard InChI is InChI=1S/C13H18FN3/c1-8(2)17-12-5-4-10(14)6-11(12)16-13(17)9(3)7-15/h4-6,8-9H,7,15H2,1-3H3. The second-order valence-corrected chi connectivity index (χ2v) is 4.70. The van der Waals surface area contributed by atoms with E-state index in [0.717, 1.165) is 11.3 Å². The molecule has 0 radical (unpaired) electrons. The summed E-state index contributed by atoms with van der Waals surface area (Å²) < 4.78 is 15.3. The van der Waals surface area contributed by atoms with E-state index >= 15 is 0 Å². The molecular formula is C13H18FN3. The first-order valence-electron chi connectivity index (χ1n) is 5.92. The molecule has 1 atom stereocenters. The smallest absolute Gasteiger partial charge is 0.125 e. The zero-order chi connectivity index (χ0) is 12.6. The van der Waals surface area contributed by atoms with E-state index in [0.29, 0.717) is 12.1 Å². The molecule has 0 fully saturated rings. The number of fused-ring (bicyclic) bond motifs is 1. The first kappa shape index (κ1) is 12.0. The Hall–Kier alpha value is -1.42. The van der Waals surface area contributed by atoms with Gasteiger partial charge in [0.2, 0.25) is 0 Å². The molecule has 0 aliphatic heterocycles. The first-order chi connectivity index (χ1) is 8.04. The third kappa shape index (κ3) is 2.05. The molecule has 0 saturated heterocycles. The molecule has 0 aliphatic rings. The van der Waals surface area contributed by atoms with Crippen LogP contribution in [0.2, 0.25) is 0 Å². The molecule has 1 unspecified atom stereocenters. The topological polar surface area (TPSA) is 43.8 Å². The van der Waals surface area contributed by atoms with Gasteiger partial charge in [-0.2, -0.15) is 0 Å². The SMILES string of the molecule is CC(CN)c1nc2cc(F)ccc2n1C(C)C. The van der Waals surface area contributed by atoms with Crippen molar-refractivity contribution < 1.29 is 4.39 Å². The van der Waals surface area contributed by atoms with Crippen LogP contribution in [-0.2, 0) is 0 Å². The molecule has 0 amide bonds. The van der Waals surface area contributed by atoms with Gasteiger partial charge in [-0.05, 0) is 26.0 Å². The fourth-order valence-corrected chi connectivity index (χ4v) is 2.09. The summed E-state index contributed by atoms with van der Waals surface area (Å²) in [4.78, 5) is 4.51. The van der Waals surface area contributed by atoms with Crippen molar-refractivity contribution in [2.45, 2.75) is 32.7 Å². The number of imidazole rings is 1. The quantitative estimate of drug-likeness (QED) is 0.889. The summed E-state index contributed by atoms with van der Waals surface area (Å²) >= 11 is 0. The Kier molecular flexibility index (Phi) is 3.15. The molecule has 1 aromatic heterocycles. The largest absolute Gasteiger partial charge is 0.330 e. The summed E-state index contributed by atoms with van der Waals surface area (Å²) in [6.07, 6.45) is 0. The average Bonchev–Trinajstić information content (AvgIpc) is 2.66. The van der Waals surface area contributed by atoms with Gasteiger partial charge in [-0.1, -0.05) is 6.92 Å². The van der Waals surface area contributed by atoms with Crippen molar-refractivity contribution in [3.63, 3.8) is 0 Å². The van der Waals surface area contributed by atoms with Crippen LogP contribution in [0.15, 0.2) is 18.2 Å². The third-order valence-corrected chi connectivity index (χ3v) is 2.99. The number of benzene rings is 1. The fraction of sp³-hybridized carbons (Fsp3) is 0.462. The summed E-state index contributed by atoms with van der Waals surface area (Å²) in [6, 6.07) is 5.01. The number of hydrogen-bond acceptors (Lipinski definition) is 2. The van der Waals surface area contributed by atoms with Gasteiger partial charge in [0.1, 0.15) is 11.6 Å². The van der Waals surface area contributed by atoms with Gasteiger partial charge in [0.15, 0.2) is 0 Å². The molecule has 2 aromatic rings. The predicted molar refractivity (Wildman–Crippen MR) is 67.5 cm³/mol. The van der Waals surface area contributed by atoms with Crippen molar-refractivity contribution in [1.29, 1.82) is 0 Å². The van der Waals surface area contributed by atoms with Crippen LogP contribution in [0, 0.1) is 5.82 Å². The van der Waals surface area contributed by atoms with Crippen LogP contribution in [0.5, 0.6) is 0 Å². The lowest BCUT2D eigenvalue weighted by atomic mass is 10.1. The Morgan fingerprint density at radius 2 is 2.06 bits per heavy atom. The molecule has 2 rings (SSSR count). The Morgan fingerprint density at radius 3 is 2.65 bits per heavy atom. The number of halogens is 1. The van der Waals surface area contributed by atoms with Crippen LogP contribution >= 0.6 is 0 Å². The molecule has 0 spiro atoms. The zero-order valence-electron chi connectivity index (χ0n) is 10.4. The number of rotatable bonds is 3.